The number of carboxylic acids is 1. The smallest absolute Gasteiger partial charge is 0.475 e. The molecule has 2 N–H and O–H groups in total. The van der Waals surface area contributed by atoms with Crippen LogP contribution in [0, 0.1) is 0 Å². The number of aliphatic carboxylic acids is 1. The van der Waals surface area contributed by atoms with Crippen molar-refractivity contribution in [1.82, 2.24) is 5.32 Å². The minimum Gasteiger partial charge on any atom is -0.475 e. The normalized spacial score (nSPS) is 12.6. The maximum Gasteiger partial charge on any atom is 0.490 e. The van der Waals surface area contributed by atoms with E-state index in [1.807, 2.05) is 30.6 Å². The highest BCUT2D eigenvalue weighted by Gasteiger charge is 2.38. The van der Waals surface area contributed by atoms with E-state index in [2.05, 4.69) is 23.5 Å². The summed E-state index contributed by atoms with van der Waals surface area (Å²) in [6.07, 6.45) is 2.92. The number of allylic oxidation sites excluding steroid dienone is 1. The predicted molar refractivity (Wildman–Crippen MR) is 60.6 cm³/mol. The van der Waals surface area contributed by atoms with Crippen LogP contribution in [0.2, 0.25) is 0 Å². The summed E-state index contributed by atoms with van der Waals surface area (Å²) in [5.74, 6) is -2.76. The van der Waals surface area contributed by atoms with Gasteiger partial charge in [-0.2, -0.15) is 13.2 Å². The lowest BCUT2D eigenvalue weighted by Gasteiger charge is -1.93. The predicted octanol–water partition coefficient (Wildman–Crippen LogP) is 0.955. The maximum atomic E-state index is 10.6. The number of halogens is 3. The number of carbonyl (C=O) groups is 1. The van der Waals surface area contributed by atoms with Crippen LogP contribution in [0.5, 0.6) is 0 Å². The minimum atomic E-state index is -5.08. The van der Waals surface area contributed by atoms with Crippen LogP contribution in [0.1, 0.15) is 0 Å². The Morgan fingerprint density at radius 2 is 1.72 bits per heavy atom. The van der Waals surface area contributed by atoms with Crippen molar-refractivity contribution in [2.24, 2.45) is 0 Å². The molecule has 18 heavy (non-hydrogen) atoms. The molecule has 0 bridgehead atoms. The largest absolute Gasteiger partial charge is 0.490 e. The van der Waals surface area contributed by atoms with Gasteiger partial charge in [0, 0.05) is 12.4 Å². The third kappa shape index (κ3) is 4.32. The molecule has 0 saturated heterocycles. The highest BCUT2D eigenvalue weighted by molar-refractivity contribution is 5.73. The van der Waals surface area contributed by atoms with Crippen molar-refractivity contribution in [3.8, 4) is 0 Å². The number of fused-ring (bicyclic) bond motifs is 1. The lowest BCUT2D eigenvalue weighted by Crippen LogP contribution is -2.24. The molecule has 1 heterocycles. The van der Waals surface area contributed by atoms with E-state index in [1.54, 1.807) is 0 Å². The van der Waals surface area contributed by atoms with Crippen molar-refractivity contribution >= 4 is 18.2 Å². The summed E-state index contributed by atoms with van der Waals surface area (Å²) in [5, 5.41) is 12.7. The summed E-state index contributed by atoms with van der Waals surface area (Å²) in [5.41, 5.74) is 0. The molecule has 1 aromatic carbocycles. The number of hydrogen-bond acceptors (Lipinski definition) is 2. The molecule has 0 radical (unpaired) electrons. The average molecular weight is 257 g/mol. The Morgan fingerprint density at radius 3 is 2.28 bits per heavy atom. The van der Waals surface area contributed by atoms with E-state index in [4.69, 9.17) is 9.90 Å². The quantitative estimate of drug-likeness (QED) is 0.727. The second-order valence-corrected chi connectivity index (χ2v) is 3.27. The van der Waals surface area contributed by atoms with Gasteiger partial charge in [0.05, 0.1) is 0 Å². The fraction of sp³-hybridized carbons (Fsp3) is 0.0833. The number of alkyl halides is 3. The molecule has 0 aliphatic carbocycles. The molecule has 1 aromatic rings. The summed E-state index contributed by atoms with van der Waals surface area (Å²) in [6, 6.07) is 8.27. The van der Waals surface area contributed by atoms with Crippen molar-refractivity contribution in [3.05, 3.63) is 47.0 Å². The number of benzene rings is 1. The standard InChI is InChI=1S/C10H9N.C2HF3O2/c1-2-5-10-8-11-7-3-6-9(10)4-1;3-2(4,5)1(6)7/h1-8,11H;(H,6,7). The van der Waals surface area contributed by atoms with Gasteiger partial charge in [-0.15, -0.1) is 0 Å². The van der Waals surface area contributed by atoms with Gasteiger partial charge in [-0.1, -0.05) is 30.3 Å². The van der Waals surface area contributed by atoms with Gasteiger partial charge in [0.2, 0.25) is 0 Å². The highest BCUT2D eigenvalue weighted by atomic mass is 19.4. The Balaban J connectivity index is 0.000000203. The van der Waals surface area contributed by atoms with Crippen LogP contribution in [0.15, 0.2) is 36.5 Å². The van der Waals surface area contributed by atoms with E-state index >= 15 is 0 Å². The molecule has 1 aliphatic heterocycles. The number of nitrogens with one attached hydrogen (secondary N) is 1. The molecular weight excluding hydrogens is 247 g/mol. The molecule has 96 valence electrons. The Bertz CT molecular complexity index is 561. The number of carboxylic acid groups (broad SMARTS) is 1. The lowest BCUT2D eigenvalue weighted by atomic mass is 10.2. The molecule has 3 nitrogen and oxygen atoms in total. The van der Waals surface area contributed by atoms with Gasteiger partial charge < -0.3 is 10.4 Å². The van der Waals surface area contributed by atoms with Gasteiger partial charge >= 0.3 is 12.1 Å². The summed E-state index contributed by atoms with van der Waals surface area (Å²) in [6.45, 7) is 0. The third-order valence-corrected chi connectivity index (χ3v) is 1.95. The van der Waals surface area contributed by atoms with Gasteiger partial charge in [0.25, 0.3) is 0 Å². The second-order valence-electron chi connectivity index (χ2n) is 3.27. The molecular formula is C12H10F3NO2. The zero-order chi connectivity index (χ0) is 13.6. The monoisotopic (exact) mass is 257 g/mol. The Morgan fingerprint density at radius 1 is 1.17 bits per heavy atom. The first kappa shape index (κ1) is 13.8. The first-order valence-electron chi connectivity index (χ1n) is 4.89. The highest BCUT2D eigenvalue weighted by Crippen LogP contribution is 2.13. The molecule has 0 amide bonds. The van der Waals surface area contributed by atoms with E-state index in [-0.39, 0.29) is 0 Å². The topological polar surface area (TPSA) is 49.3 Å². The van der Waals surface area contributed by atoms with Crippen molar-refractivity contribution in [2.75, 3.05) is 0 Å². The van der Waals surface area contributed by atoms with Gasteiger partial charge in [-0.3, -0.25) is 0 Å². The summed E-state index contributed by atoms with van der Waals surface area (Å²) in [7, 11) is 0. The summed E-state index contributed by atoms with van der Waals surface area (Å²) < 4.78 is 31.7. The molecule has 0 fully saturated rings. The Kier molecular flexibility index (Phi) is 4.53. The third-order valence-electron chi connectivity index (χ3n) is 1.95. The summed E-state index contributed by atoms with van der Waals surface area (Å²) in [4.78, 5) is 8.90. The van der Waals surface area contributed by atoms with E-state index in [1.165, 1.54) is 10.4 Å². The van der Waals surface area contributed by atoms with Crippen LogP contribution in [-0.2, 0) is 4.79 Å². The first-order chi connectivity index (χ1) is 8.41. The maximum absolute atomic E-state index is 10.6. The molecule has 0 unspecified atom stereocenters. The van der Waals surface area contributed by atoms with Gasteiger partial charge in [-0.25, -0.2) is 4.79 Å². The molecule has 1 aliphatic rings. The van der Waals surface area contributed by atoms with Crippen molar-refractivity contribution in [2.45, 2.75) is 6.18 Å². The van der Waals surface area contributed by atoms with Crippen LogP contribution in [0.25, 0.3) is 12.3 Å². The molecule has 0 saturated carbocycles. The van der Waals surface area contributed by atoms with Crippen molar-refractivity contribution < 1.29 is 23.1 Å². The Hall–Kier alpha value is -2.24. The molecule has 0 spiro atoms. The van der Waals surface area contributed by atoms with E-state index in [9.17, 15) is 13.2 Å². The van der Waals surface area contributed by atoms with Crippen LogP contribution in [0.4, 0.5) is 13.2 Å². The molecule has 0 aromatic heterocycles. The zero-order valence-corrected chi connectivity index (χ0v) is 9.11. The fourth-order valence-electron chi connectivity index (χ4n) is 1.14. The van der Waals surface area contributed by atoms with Gasteiger partial charge in [-0.05, 0) is 16.5 Å². The average Bonchev–Trinajstić information content (AvgIpc) is 2.53. The fourth-order valence-corrected chi connectivity index (χ4v) is 1.14. The molecule has 0 atom stereocenters. The Labute approximate surface area is 101 Å². The minimum absolute atomic E-state index is 1.23. The van der Waals surface area contributed by atoms with Crippen LogP contribution in [-0.4, -0.2) is 17.3 Å². The molecule has 2 rings (SSSR count). The zero-order valence-electron chi connectivity index (χ0n) is 9.11. The van der Waals surface area contributed by atoms with Gasteiger partial charge in [0.15, 0.2) is 0 Å². The number of rotatable bonds is 0. The first-order valence-corrected chi connectivity index (χ1v) is 4.89. The van der Waals surface area contributed by atoms with E-state index in [0.29, 0.717) is 0 Å². The van der Waals surface area contributed by atoms with Crippen LogP contribution >= 0.6 is 0 Å². The SMILES string of the molecule is C1=CNC=c2ccccc2=C1.O=C(O)C(F)(F)F. The number of hydrogen-bond donors (Lipinski definition) is 2. The second kappa shape index (κ2) is 5.90. The molecule has 6 heteroatoms. The van der Waals surface area contributed by atoms with Crippen LogP contribution in [0.3, 0.4) is 0 Å². The van der Waals surface area contributed by atoms with Crippen molar-refractivity contribution in [3.63, 3.8) is 0 Å². The van der Waals surface area contributed by atoms with Gasteiger partial charge in [0.1, 0.15) is 0 Å². The summed E-state index contributed by atoms with van der Waals surface area (Å²) >= 11 is 0. The van der Waals surface area contributed by atoms with Crippen LogP contribution < -0.4 is 15.8 Å². The van der Waals surface area contributed by atoms with E-state index < -0.39 is 12.1 Å². The van der Waals surface area contributed by atoms with E-state index in [0.717, 1.165) is 0 Å². The lowest BCUT2D eigenvalue weighted by molar-refractivity contribution is -0.192. The van der Waals surface area contributed by atoms with Crippen molar-refractivity contribution in [1.29, 1.82) is 0 Å².